The van der Waals surface area contributed by atoms with Crippen LogP contribution < -0.4 is 16.6 Å². The molecule has 2 aromatic rings. The van der Waals surface area contributed by atoms with Crippen molar-refractivity contribution < 1.29 is 9.18 Å². The number of carbonyl (C=O) groups excluding carboxylic acids is 1. The Labute approximate surface area is 123 Å². The Balaban J connectivity index is 2.33. The van der Waals surface area contributed by atoms with E-state index in [4.69, 9.17) is 29.0 Å². The Bertz CT molecular complexity index is 643. The molecule has 104 valence electrons. The minimum atomic E-state index is -0.594. The average molecular weight is 315 g/mol. The van der Waals surface area contributed by atoms with Crippen molar-refractivity contribution in [2.75, 3.05) is 10.7 Å². The van der Waals surface area contributed by atoms with Crippen molar-refractivity contribution >= 4 is 40.6 Å². The second-order valence-electron chi connectivity index (χ2n) is 3.74. The van der Waals surface area contributed by atoms with Crippen LogP contribution >= 0.6 is 23.2 Å². The number of nitrogens with one attached hydrogen (secondary N) is 2. The van der Waals surface area contributed by atoms with E-state index in [1.165, 1.54) is 12.3 Å². The van der Waals surface area contributed by atoms with Crippen molar-refractivity contribution in [1.29, 1.82) is 0 Å². The van der Waals surface area contributed by atoms with Crippen molar-refractivity contribution in [1.82, 2.24) is 4.98 Å². The molecule has 0 aliphatic heterocycles. The van der Waals surface area contributed by atoms with Gasteiger partial charge in [-0.25, -0.2) is 15.2 Å². The molecule has 8 heteroatoms. The van der Waals surface area contributed by atoms with E-state index in [1.807, 2.05) is 0 Å². The van der Waals surface area contributed by atoms with Crippen LogP contribution in [0, 0.1) is 5.82 Å². The predicted molar refractivity (Wildman–Crippen MR) is 76.4 cm³/mol. The number of nitrogens with two attached hydrogens (primary N) is 1. The van der Waals surface area contributed by atoms with E-state index < -0.39 is 11.7 Å². The molecule has 0 atom stereocenters. The van der Waals surface area contributed by atoms with Gasteiger partial charge in [-0.15, -0.1) is 0 Å². The Kier molecular flexibility index (Phi) is 4.39. The summed E-state index contributed by atoms with van der Waals surface area (Å²) in [5, 5.41) is 2.48. The Morgan fingerprint density at radius 3 is 2.55 bits per heavy atom. The molecule has 0 saturated heterocycles. The molecule has 1 amide bonds. The van der Waals surface area contributed by atoms with E-state index in [1.54, 1.807) is 6.07 Å². The number of amides is 1. The van der Waals surface area contributed by atoms with Gasteiger partial charge in [0.2, 0.25) is 0 Å². The average Bonchev–Trinajstić information content (AvgIpc) is 2.42. The number of nitrogen functional groups attached to an aromatic ring is 1. The molecule has 0 radical (unpaired) electrons. The van der Waals surface area contributed by atoms with Gasteiger partial charge in [0, 0.05) is 6.20 Å². The van der Waals surface area contributed by atoms with Crippen LogP contribution in [0.4, 0.5) is 15.9 Å². The maximum Gasteiger partial charge on any atom is 0.259 e. The van der Waals surface area contributed by atoms with Crippen LogP contribution in [-0.2, 0) is 0 Å². The highest BCUT2D eigenvalue weighted by molar-refractivity contribution is 6.40. The maximum absolute atomic E-state index is 13.1. The summed E-state index contributed by atoms with van der Waals surface area (Å²) in [7, 11) is 0. The minimum Gasteiger partial charge on any atom is -0.319 e. The number of aromatic nitrogens is 1. The smallest absolute Gasteiger partial charge is 0.259 e. The first-order chi connectivity index (χ1) is 9.52. The molecule has 0 saturated carbocycles. The SMILES string of the molecule is NNc1ncccc1C(=O)Nc1c(Cl)cc(F)cc1Cl. The fourth-order valence-corrected chi connectivity index (χ4v) is 2.10. The molecule has 2 rings (SSSR count). The summed E-state index contributed by atoms with van der Waals surface area (Å²) in [5.41, 5.74) is 2.62. The standard InChI is InChI=1S/C12H9Cl2FN4O/c13-8-4-6(15)5-9(14)10(8)18-12(20)7-2-1-3-17-11(7)19-16/h1-5H,16H2,(H,17,19)(H,18,20). The van der Waals surface area contributed by atoms with Gasteiger partial charge >= 0.3 is 0 Å². The number of benzene rings is 1. The van der Waals surface area contributed by atoms with Crippen molar-refractivity contribution in [2.45, 2.75) is 0 Å². The molecular formula is C12H9Cl2FN4O. The first kappa shape index (κ1) is 14.5. The molecule has 0 spiro atoms. The van der Waals surface area contributed by atoms with Crippen LogP contribution in [0.3, 0.4) is 0 Å². The number of pyridine rings is 1. The van der Waals surface area contributed by atoms with Gasteiger partial charge in [0.05, 0.1) is 21.3 Å². The highest BCUT2D eigenvalue weighted by Crippen LogP contribution is 2.32. The van der Waals surface area contributed by atoms with Gasteiger partial charge in [0.1, 0.15) is 5.82 Å². The first-order valence-corrected chi connectivity index (χ1v) is 6.16. The van der Waals surface area contributed by atoms with Gasteiger partial charge in [-0.2, -0.15) is 0 Å². The van der Waals surface area contributed by atoms with E-state index >= 15 is 0 Å². The van der Waals surface area contributed by atoms with Gasteiger partial charge in [-0.1, -0.05) is 23.2 Å². The molecule has 0 bridgehead atoms. The normalized spacial score (nSPS) is 10.2. The summed E-state index contributed by atoms with van der Waals surface area (Å²) in [6.07, 6.45) is 1.48. The molecule has 4 N–H and O–H groups in total. The minimum absolute atomic E-state index is 0.00509. The number of halogens is 3. The van der Waals surface area contributed by atoms with E-state index in [2.05, 4.69) is 15.7 Å². The largest absolute Gasteiger partial charge is 0.319 e. The number of hydrazine groups is 1. The lowest BCUT2D eigenvalue weighted by Gasteiger charge is -2.11. The van der Waals surface area contributed by atoms with E-state index in [9.17, 15) is 9.18 Å². The molecule has 0 fully saturated rings. The Hall–Kier alpha value is -1.89. The summed E-state index contributed by atoms with van der Waals surface area (Å²) in [6, 6.07) is 5.19. The van der Waals surface area contributed by atoms with E-state index in [0.717, 1.165) is 12.1 Å². The zero-order valence-electron chi connectivity index (χ0n) is 9.95. The third kappa shape index (κ3) is 2.98. The molecule has 5 nitrogen and oxygen atoms in total. The highest BCUT2D eigenvalue weighted by Gasteiger charge is 2.16. The first-order valence-electron chi connectivity index (χ1n) is 5.40. The van der Waals surface area contributed by atoms with Crippen LogP contribution in [0.15, 0.2) is 30.5 Å². The number of rotatable bonds is 3. The van der Waals surface area contributed by atoms with Crippen LogP contribution in [0.1, 0.15) is 10.4 Å². The Morgan fingerprint density at radius 2 is 1.95 bits per heavy atom. The third-order valence-electron chi connectivity index (χ3n) is 2.43. The van der Waals surface area contributed by atoms with Crippen molar-refractivity contribution in [3.63, 3.8) is 0 Å². The van der Waals surface area contributed by atoms with Gasteiger partial charge in [0.15, 0.2) is 5.82 Å². The Morgan fingerprint density at radius 1 is 1.30 bits per heavy atom. The fraction of sp³-hybridized carbons (Fsp3) is 0. The van der Waals surface area contributed by atoms with Gasteiger partial charge in [-0.05, 0) is 24.3 Å². The predicted octanol–water partition coefficient (Wildman–Crippen LogP) is 3.07. The zero-order valence-corrected chi connectivity index (χ0v) is 11.5. The van der Waals surface area contributed by atoms with Gasteiger partial charge < -0.3 is 10.7 Å². The van der Waals surface area contributed by atoms with E-state index in [0.29, 0.717) is 0 Å². The summed E-state index contributed by atoms with van der Waals surface area (Å²) >= 11 is 11.7. The van der Waals surface area contributed by atoms with Crippen molar-refractivity contribution in [2.24, 2.45) is 5.84 Å². The molecule has 0 aliphatic rings. The van der Waals surface area contributed by atoms with Crippen molar-refractivity contribution in [3.05, 3.63) is 51.9 Å². The molecule has 0 aliphatic carbocycles. The van der Waals surface area contributed by atoms with Gasteiger partial charge in [0.25, 0.3) is 5.91 Å². The van der Waals surface area contributed by atoms with Gasteiger partial charge in [-0.3, -0.25) is 4.79 Å². The zero-order chi connectivity index (χ0) is 14.7. The number of nitrogens with zero attached hydrogens (tertiary/aromatic N) is 1. The fourth-order valence-electron chi connectivity index (χ4n) is 1.55. The molecule has 1 heterocycles. The maximum atomic E-state index is 13.1. The summed E-state index contributed by atoms with van der Waals surface area (Å²) in [5.74, 6) is 4.34. The quantitative estimate of drug-likeness (QED) is 0.601. The molecule has 1 aromatic carbocycles. The van der Waals surface area contributed by atoms with Crippen LogP contribution in [0.25, 0.3) is 0 Å². The van der Waals surface area contributed by atoms with Crippen LogP contribution in [0.5, 0.6) is 0 Å². The molecular weight excluding hydrogens is 306 g/mol. The van der Waals surface area contributed by atoms with Crippen LogP contribution in [0.2, 0.25) is 10.0 Å². The topological polar surface area (TPSA) is 80.0 Å². The lowest BCUT2D eigenvalue weighted by atomic mass is 10.2. The van der Waals surface area contributed by atoms with Crippen molar-refractivity contribution in [3.8, 4) is 0 Å². The van der Waals surface area contributed by atoms with Crippen LogP contribution in [-0.4, -0.2) is 10.9 Å². The van der Waals surface area contributed by atoms with E-state index in [-0.39, 0.29) is 27.1 Å². The highest BCUT2D eigenvalue weighted by atomic mass is 35.5. The second-order valence-corrected chi connectivity index (χ2v) is 4.56. The lowest BCUT2D eigenvalue weighted by molar-refractivity contribution is 0.102. The summed E-state index contributed by atoms with van der Waals surface area (Å²) in [6.45, 7) is 0. The number of hydrogen-bond donors (Lipinski definition) is 3. The molecule has 0 unspecified atom stereocenters. The molecule has 1 aromatic heterocycles. The number of anilines is 2. The summed E-state index contributed by atoms with van der Waals surface area (Å²) < 4.78 is 13.1. The third-order valence-corrected chi connectivity index (χ3v) is 3.03. The number of hydrogen-bond acceptors (Lipinski definition) is 4. The molecule has 20 heavy (non-hydrogen) atoms. The lowest BCUT2D eigenvalue weighted by Crippen LogP contribution is -2.18. The monoisotopic (exact) mass is 314 g/mol. The summed E-state index contributed by atoms with van der Waals surface area (Å²) in [4.78, 5) is 16.0. The second kappa shape index (κ2) is 6.04. The number of carbonyl (C=O) groups is 1.